The van der Waals surface area contributed by atoms with Gasteiger partial charge in [0, 0.05) is 0 Å². The van der Waals surface area contributed by atoms with Gasteiger partial charge in [0.1, 0.15) is 5.75 Å². The second-order valence-electron chi connectivity index (χ2n) is 5.77. The van der Waals surface area contributed by atoms with Crippen molar-refractivity contribution in [2.75, 3.05) is 0 Å². The zero-order chi connectivity index (χ0) is 17.0. The van der Waals surface area contributed by atoms with E-state index in [2.05, 4.69) is 25.3 Å². The SMILES string of the molecule is CC(C)(C)n1cc(C(=O)NCc2ccc(OC(F)F)cn2)nn1. The van der Waals surface area contributed by atoms with Crippen molar-refractivity contribution in [3.8, 4) is 5.75 Å². The van der Waals surface area contributed by atoms with Gasteiger partial charge in [-0.1, -0.05) is 5.21 Å². The number of halogens is 2. The van der Waals surface area contributed by atoms with Gasteiger partial charge in [-0.15, -0.1) is 5.10 Å². The van der Waals surface area contributed by atoms with Gasteiger partial charge in [0.15, 0.2) is 5.69 Å². The molecule has 124 valence electrons. The molecule has 9 heteroatoms. The molecule has 2 aromatic heterocycles. The highest BCUT2D eigenvalue weighted by Crippen LogP contribution is 2.13. The van der Waals surface area contributed by atoms with E-state index in [0.717, 1.165) is 0 Å². The van der Waals surface area contributed by atoms with E-state index in [4.69, 9.17) is 0 Å². The quantitative estimate of drug-likeness (QED) is 0.909. The Labute approximate surface area is 131 Å². The first kappa shape index (κ1) is 16.8. The Morgan fingerprint density at radius 3 is 2.65 bits per heavy atom. The predicted molar refractivity (Wildman–Crippen MR) is 77.1 cm³/mol. The number of pyridine rings is 1. The van der Waals surface area contributed by atoms with E-state index in [-0.39, 0.29) is 23.5 Å². The van der Waals surface area contributed by atoms with Crippen LogP contribution in [0.2, 0.25) is 0 Å². The molecule has 23 heavy (non-hydrogen) atoms. The minimum atomic E-state index is -2.90. The number of rotatable bonds is 5. The largest absolute Gasteiger partial charge is 0.433 e. The number of amides is 1. The van der Waals surface area contributed by atoms with Crippen molar-refractivity contribution in [3.05, 3.63) is 35.9 Å². The zero-order valence-corrected chi connectivity index (χ0v) is 13.0. The molecule has 2 heterocycles. The van der Waals surface area contributed by atoms with Gasteiger partial charge in [-0.2, -0.15) is 8.78 Å². The van der Waals surface area contributed by atoms with Gasteiger partial charge >= 0.3 is 6.61 Å². The van der Waals surface area contributed by atoms with E-state index >= 15 is 0 Å². The molecular formula is C14H17F2N5O2. The van der Waals surface area contributed by atoms with Gasteiger partial charge in [-0.3, -0.25) is 9.78 Å². The Morgan fingerprint density at radius 1 is 1.39 bits per heavy atom. The standard InChI is InChI=1S/C14H17F2N5O2/c1-14(2,3)21-8-11(19-20-21)12(22)18-6-9-4-5-10(7-17-9)23-13(15)16/h4-5,7-8,13H,6H2,1-3H3,(H,18,22). The van der Waals surface area contributed by atoms with Crippen LogP contribution in [0.15, 0.2) is 24.5 Å². The molecule has 0 aliphatic heterocycles. The maximum Gasteiger partial charge on any atom is 0.387 e. The summed E-state index contributed by atoms with van der Waals surface area (Å²) in [5.41, 5.74) is 0.425. The molecule has 1 amide bonds. The molecule has 1 N–H and O–H groups in total. The van der Waals surface area contributed by atoms with Crippen molar-refractivity contribution in [1.29, 1.82) is 0 Å². The Bertz CT molecular complexity index is 665. The molecule has 0 radical (unpaired) electrons. The lowest BCUT2D eigenvalue weighted by atomic mass is 10.1. The van der Waals surface area contributed by atoms with Crippen LogP contribution in [0.3, 0.4) is 0 Å². The fourth-order valence-corrected chi connectivity index (χ4v) is 1.65. The predicted octanol–water partition coefficient (Wildman–Crippen LogP) is 1.96. The Morgan fingerprint density at radius 2 is 2.13 bits per heavy atom. The fourth-order valence-electron chi connectivity index (χ4n) is 1.65. The summed E-state index contributed by atoms with van der Waals surface area (Å²) in [6.07, 6.45) is 2.73. The summed E-state index contributed by atoms with van der Waals surface area (Å²) in [6, 6.07) is 2.85. The van der Waals surface area contributed by atoms with Crippen molar-refractivity contribution in [1.82, 2.24) is 25.3 Å². The van der Waals surface area contributed by atoms with Gasteiger partial charge < -0.3 is 10.1 Å². The highest BCUT2D eigenvalue weighted by atomic mass is 19.3. The van der Waals surface area contributed by atoms with Gasteiger partial charge in [0.25, 0.3) is 5.91 Å². The van der Waals surface area contributed by atoms with E-state index in [1.807, 2.05) is 20.8 Å². The van der Waals surface area contributed by atoms with Crippen LogP contribution in [0.25, 0.3) is 0 Å². The van der Waals surface area contributed by atoms with Crippen molar-refractivity contribution < 1.29 is 18.3 Å². The fraction of sp³-hybridized carbons (Fsp3) is 0.429. The van der Waals surface area contributed by atoms with Crippen molar-refractivity contribution in [2.24, 2.45) is 0 Å². The van der Waals surface area contributed by atoms with E-state index in [9.17, 15) is 13.6 Å². The molecule has 0 atom stereocenters. The molecule has 7 nitrogen and oxygen atoms in total. The normalized spacial score (nSPS) is 11.6. The van der Waals surface area contributed by atoms with Gasteiger partial charge in [-0.25, -0.2) is 4.68 Å². The molecule has 0 bridgehead atoms. The Balaban J connectivity index is 1.92. The minimum Gasteiger partial charge on any atom is -0.433 e. The number of carbonyl (C=O) groups excluding carboxylic acids is 1. The van der Waals surface area contributed by atoms with Crippen LogP contribution in [-0.2, 0) is 12.1 Å². The second kappa shape index (κ2) is 6.67. The summed E-state index contributed by atoms with van der Waals surface area (Å²) in [6.45, 7) is 3.06. The third-order valence-corrected chi connectivity index (χ3v) is 2.87. The number of aromatic nitrogens is 4. The first-order valence-electron chi connectivity index (χ1n) is 6.86. The second-order valence-corrected chi connectivity index (χ2v) is 5.77. The van der Waals surface area contributed by atoms with Crippen molar-refractivity contribution in [3.63, 3.8) is 0 Å². The average Bonchev–Trinajstić information content (AvgIpc) is 2.95. The summed E-state index contributed by atoms with van der Waals surface area (Å²) in [7, 11) is 0. The van der Waals surface area contributed by atoms with Crippen LogP contribution in [0.4, 0.5) is 8.78 Å². The first-order valence-corrected chi connectivity index (χ1v) is 6.86. The van der Waals surface area contributed by atoms with Gasteiger partial charge in [0.2, 0.25) is 0 Å². The molecule has 0 aliphatic carbocycles. The molecule has 0 fully saturated rings. The van der Waals surface area contributed by atoms with E-state index in [0.29, 0.717) is 5.69 Å². The zero-order valence-electron chi connectivity index (χ0n) is 13.0. The Kier molecular flexibility index (Phi) is 4.87. The highest BCUT2D eigenvalue weighted by Gasteiger charge is 2.18. The number of carbonyl (C=O) groups is 1. The molecule has 0 saturated carbocycles. The van der Waals surface area contributed by atoms with Crippen molar-refractivity contribution >= 4 is 5.91 Å². The number of ether oxygens (including phenoxy) is 1. The third-order valence-electron chi connectivity index (χ3n) is 2.87. The van der Waals surface area contributed by atoms with Gasteiger partial charge in [-0.05, 0) is 32.9 Å². The van der Waals surface area contributed by atoms with Crippen LogP contribution < -0.4 is 10.1 Å². The van der Waals surface area contributed by atoms with Crippen LogP contribution in [0.1, 0.15) is 37.0 Å². The van der Waals surface area contributed by atoms with Crippen molar-refractivity contribution in [2.45, 2.75) is 39.5 Å². The van der Waals surface area contributed by atoms with Gasteiger partial charge in [0.05, 0.1) is 30.2 Å². The number of nitrogens with zero attached hydrogens (tertiary/aromatic N) is 4. The number of nitrogens with one attached hydrogen (secondary N) is 1. The Hall–Kier alpha value is -2.58. The summed E-state index contributed by atoms with van der Waals surface area (Å²) < 4.78 is 29.8. The summed E-state index contributed by atoms with van der Waals surface area (Å²) in [4.78, 5) is 15.9. The minimum absolute atomic E-state index is 0.0387. The lowest BCUT2D eigenvalue weighted by molar-refractivity contribution is -0.0500. The highest BCUT2D eigenvalue weighted by molar-refractivity contribution is 5.91. The monoisotopic (exact) mass is 325 g/mol. The summed E-state index contributed by atoms with van der Waals surface area (Å²) in [5, 5.41) is 10.4. The first-order chi connectivity index (χ1) is 10.8. The lowest BCUT2D eigenvalue weighted by Crippen LogP contribution is -2.24. The molecule has 2 rings (SSSR count). The number of alkyl halides is 2. The van der Waals surface area contributed by atoms with Crippen LogP contribution in [0, 0.1) is 0 Å². The summed E-state index contributed by atoms with van der Waals surface area (Å²) >= 11 is 0. The molecular weight excluding hydrogens is 308 g/mol. The van der Waals surface area contributed by atoms with Crippen LogP contribution >= 0.6 is 0 Å². The molecule has 0 aliphatic rings. The maximum absolute atomic E-state index is 12.0. The molecule has 0 aromatic carbocycles. The van der Waals surface area contributed by atoms with Crippen LogP contribution in [-0.4, -0.2) is 32.5 Å². The number of hydrogen-bond acceptors (Lipinski definition) is 5. The molecule has 0 unspecified atom stereocenters. The average molecular weight is 325 g/mol. The topological polar surface area (TPSA) is 81.9 Å². The lowest BCUT2D eigenvalue weighted by Gasteiger charge is -2.17. The van der Waals surface area contributed by atoms with Crippen LogP contribution in [0.5, 0.6) is 5.75 Å². The number of hydrogen-bond donors (Lipinski definition) is 1. The summed E-state index contributed by atoms with van der Waals surface area (Å²) in [5.74, 6) is -0.432. The maximum atomic E-state index is 12.0. The van der Waals surface area contributed by atoms with E-state index < -0.39 is 12.5 Å². The molecule has 2 aromatic rings. The third kappa shape index (κ3) is 4.70. The molecule has 0 spiro atoms. The van der Waals surface area contributed by atoms with E-state index in [1.165, 1.54) is 18.3 Å². The smallest absolute Gasteiger partial charge is 0.387 e. The molecule has 0 saturated heterocycles. The van der Waals surface area contributed by atoms with E-state index in [1.54, 1.807) is 10.9 Å².